The number of carbonyl (C=O) groups excluding carboxylic acids is 3. The van der Waals surface area contributed by atoms with Crippen molar-refractivity contribution >= 4 is 17.9 Å². The first kappa shape index (κ1) is 58.3. The molecule has 62 heavy (non-hydrogen) atoms. The quantitative estimate of drug-likeness (QED) is 0.0200. The molecule has 0 aliphatic carbocycles. The third-order valence-corrected chi connectivity index (χ3v) is 10.4. The third kappa shape index (κ3) is 47.4. The molecule has 6 nitrogen and oxygen atoms in total. The van der Waals surface area contributed by atoms with Gasteiger partial charge in [-0.3, -0.25) is 14.4 Å². The van der Waals surface area contributed by atoms with E-state index in [1.165, 1.54) is 77.0 Å². The summed E-state index contributed by atoms with van der Waals surface area (Å²) < 4.78 is 16.7. The number of allylic oxidation sites excluding steroid dienone is 16. The van der Waals surface area contributed by atoms with Gasteiger partial charge in [0.15, 0.2) is 6.10 Å². The highest BCUT2D eigenvalue weighted by Gasteiger charge is 2.19. The maximum absolute atomic E-state index is 12.8. The maximum Gasteiger partial charge on any atom is 0.306 e. The Balaban J connectivity index is 4.47. The molecule has 352 valence electrons. The van der Waals surface area contributed by atoms with Crippen molar-refractivity contribution in [3.8, 4) is 0 Å². The van der Waals surface area contributed by atoms with Crippen LogP contribution in [0.3, 0.4) is 0 Å². The molecule has 0 heterocycles. The molecular weight excluding hydrogens is 769 g/mol. The molecule has 0 saturated heterocycles. The highest BCUT2D eigenvalue weighted by atomic mass is 16.6. The van der Waals surface area contributed by atoms with Crippen molar-refractivity contribution in [3.63, 3.8) is 0 Å². The van der Waals surface area contributed by atoms with Crippen LogP contribution >= 0.6 is 0 Å². The second-order valence-electron chi connectivity index (χ2n) is 16.4. The Kier molecular flexibility index (Phi) is 47.0. The molecule has 0 N–H and O–H groups in total. The fraction of sp³-hybridized carbons (Fsp3) is 0.661. The number of esters is 3. The van der Waals surface area contributed by atoms with E-state index in [1.807, 2.05) is 24.3 Å². The monoisotopic (exact) mass is 861 g/mol. The molecule has 0 radical (unpaired) electrons. The molecule has 0 aromatic rings. The molecule has 0 fully saturated rings. The van der Waals surface area contributed by atoms with Crippen LogP contribution in [0.2, 0.25) is 0 Å². The molecule has 0 spiro atoms. The summed E-state index contributed by atoms with van der Waals surface area (Å²) in [4.78, 5) is 37.9. The van der Waals surface area contributed by atoms with E-state index in [0.717, 1.165) is 103 Å². The largest absolute Gasteiger partial charge is 0.462 e. The fourth-order valence-electron chi connectivity index (χ4n) is 6.64. The summed E-state index contributed by atoms with van der Waals surface area (Å²) in [7, 11) is 0. The number of ether oxygens (including phenoxy) is 3. The molecule has 0 amide bonds. The summed E-state index contributed by atoms with van der Waals surface area (Å²) in [6.07, 6.45) is 65.4. The molecule has 0 aromatic carbocycles. The van der Waals surface area contributed by atoms with Gasteiger partial charge in [0.05, 0.1) is 0 Å². The predicted octanol–water partition coefficient (Wildman–Crippen LogP) is 16.6. The van der Waals surface area contributed by atoms with Gasteiger partial charge >= 0.3 is 17.9 Å². The molecule has 1 atom stereocenters. The SMILES string of the molecule is CC\C=C/C=C\C=C/C=C\CCCCCCCC(=O)OC(COC(=O)CCCC/C=C\C/C=C\C/C=C\CC)COC(=O)CCCCCCCCC/C=C\CCCCCCCC. The van der Waals surface area contributed by atoms with Crippen molar-refractivity contribution in [2.24, 2.45) is 0 Å². The van der Waals surface area contributed by atoms with E-state index in [-0.39, 0.29) is 31.1 Å². The van der Waals surface area contributed by atoms with Gasteiger partial charge < -0.3 is 14.2 Å². The molecule has 0 aliphatic heterocycles. The van der Waals surface area contributed by atoms with Gasteiger partial charge in [0.1, 0.15) is 13.2 Å². The van der Waals surface area contributed by atoms with Crippen LogP contribution in [0.5, 0.6) is 0 Å². The van der Waals surface area contributed by atoms with E-state index in [2.05, 4.69) is 93.7 Å². The van der Waals surface area contributed by atoms with Crippen LogP contribution in [-0.2, 0) is 28.6 Å². The Labute approximate surface area is 381 Å². The topological polar surface area (TPSA) is 78.9 Å². The summed E-state index contributed by atoms with van der Waals surface area (Å²) in [5.74, 6) is -0.976. The van der Waals surface area contributed by atoms with E-state index >= 15 is 0 Å². The first-order valence-corrected chi connectivity index (χ1v) is 25.3. The van der Waals surface area contributed by atoms with Crippen molar-refractivity contribution in [1.29, 1.82) is 0 Å². The molecule has 0 aliphatic rings. The number of rotatable bonds is 44. The zero-order chi connectivity index (χ0) is 45.1. The lowest BCUT2D eigenvalue weighted by molar-refractivity contribution is -0.167. The minimum Gasteiger partial charge on any atom is -0.462 e. The molecular formula is C56H92O6. The van der Waals surface area contributed by atoms with Crippen LogP contribution in [0.25, 0.3) is 0 Å². The molecule has 0 bridgehead atoms. The molecule has 6 heteroatoms. The second kappa shape index (κ2) is 50.0. The Morgan fingerprint density at radius 2 is 0.710 bits per heavy atom. The van der Waals surface area contributed by atoms with Crippen LogP contribution in [0.4, 0.5) is 0 Å². The van der Waals surface area contributed by atoms with Gasteiger partial charge in [-0.2, -0.15) is 0 Å². The maximum atomic E-state index is 12.8. The highest BCUT2D eigenvalue weighted by molar-refractivity contribution is 5.71. The van der Waals surface area contributed by atoms with Crippen molar-refractivity contribution in [2.75, 3.05) is 13.2 Å². The highest BCUT2D eigenvalue weighted by Crippen LogP contribution is 2.13. The lowest BCUT2D eigenvalue weighted by Gasteiger charge is -2.18. The van der Waals surface area contributed by atoms with Gasteiger partial charge in [-0.25, -0.2) is 0 Å². The number of hydrogen-bond donors (Lipinski definition) is 0. The average molecular weight is 861 g/mol. The summed E-state index contributed by atoms with van der Waals surface area (Å²) in [5.41, 5.74) is 0. The Bertz CT molecular complexity index is 1260. The first-order chi connectivity index (χ1) is 30.5. The number of unbranched alkanes of at least 4 members (excludes halogenated alkanes) is 20. The second-order valence-corrected chi connectivity index (χ2v) is 16.4. The molecule has 1 unspecified atom stereocenters. The first-order valence-electron chi connectivity index (χ1n) is 25.3. The van der Waals surface area contributed by atoms with E-state index in [9.17, 15) is 14.4 Å². The lowest BCUT2D eigenvalue weighted by atomic mass is 10.1. The van der Waals surface area contributed by atoms with Crippen LogP contribution < -0.4 is 0 Å². The summed E-state index contributed by atoms with van der Waals surface area (Å²) in [6.45, 7) is 6.31. The molecule has 0 saturated carbocycles. The summed E-state index contributed by atoms with van der Waals surface area (Å²) >= 11 is 0. The lowest BCUT2D eigenvalue weighted by Crippen LogP contribution is -2.30. The predicted molar refractivity (Wildman–Crippen MR) is 265 cm³/mol. The third-order valence-electron chi connectivity index (χ3n) is 10.4. The zero-order valence-electron chi connectivity index (χ0n) is 40.1. The average Bonchev–Trinajstić information content (AvgIpc) is 3.27. The van der Waals surface area contributed by atoms with Crippen LogP contribution in [0.15, 0.2) is 97.2 Å². The fourth-order valence-corrected chi connectivity index (χ4v) is 6.64. The van der Waals surface area contributed by atoms with E-state index < -0.39 is 6.10 Å². The Hall–Kier alpha value is -3.67. The number of hydrogen-bond acceptors (Lipinski definition) is 6. The Morgan fingerprint density at radius 1 is 0.355 bits per heavy atom. The Morgan fingerprint density at radius 3 is 1.23 bits per heavy atom. The van der Waals surface area contributed by atoms with Gasteiger partial charge in [-0.1, -0.05) is 201 Å². The van der Waals surface area contributed by atoms with Gasteiger partial charge in [0.2, 0.25) is 0 Å². The summed E-state index contributed by atoms with van der Waals surface area (Å²) in [5, 5.41) is 0. The van der Waals surface area contributed by atoms with Gasteiger partial charge in [0, 0.05) is 19.3 Å². The van der Waals surface area contributed by atoms with Crippen LogP contribution in [-0.4, -0.2) is 37.2 Å². The van der Waals surface area contributed by atoms with Gasteiger partial charge in [0.25, 0.3) is 0 Å². The van der Waals surface area contributed by atoms with Gasteiger partial charge in [-0.15, -0.1) is 0 Å². The minimum atomic E-state index is -0.807. The zero-order valence-corrected chi connectivity index (χ0v) is 40.1. The van der Waals surface area contributed by atoms with E-state index in [0.29, 0.717) is 19.3 Å². The van der Waals surface area contributed by atoms with E-state index in [4.69, 9.17) is 14.2 Å². The van der Waals surface area contributed by atoms with Crippen molar-refractivity contribution in [1.82, 2.24) is 0 Å². The van der Waals surface area contributed by atoms with Crippen molar-refractivity contribution in [2.45, 2.75) is 226 Å². The smallest absolute Gasteiger partial charge is 0.306 e. The van der Waals surface area contributed by atoms with Crippen molar-refractivity contribution < 1.29 is 28.6 Å². The number of carbonyl (C=O) groups is 3. The van der Waals surface area contributed by atoms with Gasteiger partial charge in [-0.05, 0) is 96.3 Å². The standard InChI is InChI=1S/C56H92O6/c1-4-7-10-13-16-19-22-25-27-28-30-31-34-37-40-43-46-49-55(58)61-52-53(51-60-54(57)48-45-42-39-36-33-24-21-18-15-12-9-6-3)62-56(59)50-47-44-41-38-35-32-29-26-23-20-17-14-11-8-5-2/h8-9,11-12,14,17-18,20-21,23,25-27,29,33,36,53H,4-7,10,13,15-16,19,22,24,28,30-32,34-35,37-52H2,1-3H3/b11-8-,12-9-,17-14-,21-18-,23-20-,27-25-,29-26-,36-33-. The molecule has 0 aromatic heterocycles. The van der Waals surface area contributed by atoms with Crippen LogP contribution in [0, 0.1) is 0 Å². The minimum absolute atomic E-state index is 0.103. The van der Waals surface area contributed by atoms with E-state index in [1.54, 1.807) is 0 Å². The normalized spacial score (nSPS) is 12.9. The molecule has 0 rings (SSSR count). The van der Waals surface area contributed by atoms with Crippen LogP contribution in [0.1, 0.15) is 220 Å². The van der Waals surface area contributed by atoms with Crippen molar-refractivity contribution in [3.05, 3.63) is 97.2 Å². The summed E-state index contributed by atoms with van der Waals surface area (Å²) in [6, 6.07) is 0.